The molecule has 2 aromatic carbocycles. The number of carbonyl (C=O) groups is 1. The lowest BCUT2D eigenvalue weighted by molar-refractivity contribution is -0.118. The number of aryl methyl sites for hydroxylation is 2. The van der Waals surface area contributed by atoms with Gasteiger partial charge < -0.3 is 10.1 Å². The van der Waals surface area contributed by atoms with Gasteiger partial charge in [-0.05, 0) is 49.2 Å². The van der Waals surface area contributed by atoms with Crippen molar-refractivity contribution < 1.29 is 9.53 Å². The van der Waals surface area contributed by atoms with Crippen molar-refractivity contribution in [2.45, 2.75) is 13.8 Å². The molecule has 116 valence electrons. The van der Waals surface area contributed by atoms with E-state index in [2.05, 4.69) is 21.2 Å². The van der Waals surface area contributed by atoms with Crippen LogP contribution < -0.4 is 10.1 Å². The van der Waals surface area contributed by atoms with Crippen LogP contribution in [0.3, 0.4) is 0 Å². The van der Waals surface area contributed by atoms with Crippen LogP contribution in [0.1, 0.15) is 11.1 Å². The molecule has 0 bridgehead atoms. The molecule has 0 saturated heterocycles. The molecule has 0 saturated carbocycles. The Kier molecular flexibility index (Phi) is 5.73. The van der Waals surface area contributed by atoms with Crippen LogP contribution in [0.5, 0.6) is 5.75 Å². The summed E-state index contributed by atoms with van der Waals surface area (Å²) in [6.45, 7) is 3.64. The predicted octanol–water partition coefficient (Wildman–Crippen LogP) is 5.39. The van der Waals surface area contributed by atoms with E-state index >= 15 is 0 Å². The average molecular weight is 403 g/mol. The molecule has 0 spiro atoms. The zero-order chi connectivity index (χ0) is 16.3. The van der Waals surface area contributed by atoms with Crippen LogP contribution in [0.25, 0.3) is 0 Å². The number of halogens is 3. The van der Waals surface area contributed by atoms with Crippen molar-refractivity contribution in [3.63, 3.8) is 0 Å². The van der Waals surface area contributed by atoms with Crippen LogP contribution in [-0.2, 0) is 4.79 Å². The summed E-state index contributed by atoms with van der Waals surface area (Å²) in [4.78, 5) is 12.0. The highest BCUT2D eigenvalue weighted by molar-refractivity contribution is 9.10. The number of anilines is 1. The fourth-order valence-corrected chi connectivity index (χ4v) is 3.22. The first-order valence-electron chi connectivity index (χ1n) is 6.51. The van der Waals surface area contributed by atoms with Crippen molar-refractivity contribution in [1.29, 1.82) is 0 Å². The zero-order valence-corrected chi connectivity index (χ0v) is 15.1. The third-order valence-electron chi connectivity index (χ3n) is 2.94. The summed E-state index contributed by atoms with van der Waals surface area (Å²) in [7, 11) is 0. The van der Waals surface area contributed by atoms with Gasteiger partial charge in [0.25, 0.3) is 5.91 Å². The molecule has 3 nitrogen and oxygen atoms in total. The maximum Gasteiger partial charge on any atom is 0.262 e. The quantitative estimate of drug-likeness (QED) is 0.744. The van der Waals surface area contributed by atoms with Crippen molar-refractivity contribution in [3.8, 4) is 5.75 Å². The molecular formula is C16H14BrCl2NO2. The van der Waals surface area contributed by atoms with Crippen LogP contribution in [0.4, 0.5) is 5.69 Å². The van der Waals surface area contributed by atoms with Gasteiger partial charge in [0, 0.05) is 4.47 Å². The maximum absolute atomic E-state index is 12.0. The first kappa shape index (κ1) is 17.1. The summed E-state index contributed by atoms with van der Waals surface area (Å²) >= 11 is 15.5. The second-order valence-electron chi connectivity index (χ2n) is 4.85. The van der Waals surface area contributed by atoms with E-state index < -0.39 is 0 Å². The summed E-state index contributed by atoms with van der Waals surface area (Å²) < 4.78 is 6.37. The molecule has 2 aromatic rings. The molecule has 0 aliphatic heterocycles. The van der Waals surface area contributed by atoms with E-state index in [1.165, 1.54) is 0 Å². The van der Waals surface area contributed by atoms with E-state index in [0.717, 1.165) is 15.6 Å². The molecule has 0 atom stereocenters. The molecule has 0 fully saturated rings. The topological polar surface area (TPSA) is 38.3 Å². The largest absolute Gasteiger partial charge is 0.482 e. The van der Waals surface area contributed by atoms with Crippen LogP contribution in [0.15, 0.2) is 34.8 Å². The van der Waals surface area contributed by atoms with Gasteiger partial charge in [-0.1, -0.05) is 45.2 Å². The minimum Gasteiger partial charge on any atom is -0.482 e. The van der Waals surface area contributed by atoms with Crippen molar-refractivity contribution in [2.24, 2.45) is 0 Å². The van der Waals surface area contributed by atoms with E-state index in [0.29, 0.717) is 21.5 Å². The summed E-state index contributed by atoms with van der Waals surface area (Å²) in [5.41, 5.74) is 2.43. The van der Waals surface area contributed by atoms with E-state index in [4.69, 9.17) is 27.9 Å². The molecule has 0 unspecified atom stereocenters. The second-order valence-corrected chi connectivity index (χ2v) is 6.58. The van der Waals surface area contributed by atoms with Gasteiger partial charge >= 0.3 is 0 Å². The minimum absolute atomic E-state index is 0.146. The lowest BCUT2D eigenvalue weighted by atomic mass is 10.2. The highest BCUT2D eigenvalue weighted by Gasteiger charge is 2.11. The van der Waals surface area contributed by atoms with E-state index in [-0.39, 0.29) is 12.5 Å². The summed E-state index contributed by atoms with van der Waals surface area (Å²) in [5.74, 6) is 0.194. The minimum atomic E-state index is -0.302. The van der Waals surface area contributed by atoms with Gasteiger partial charge in [-0.15, -0.1) is 0 Å². The smallest absolute Gasteiger partial charge is 0.262 e. The molecule has 22 heavy (non-hydrogen) atoms. The fraction of sp³-hybridized carbons (Fsp3) is 0.188. The Morgan fingerprint density at radius 2 is 1.91 bits per heavy atom. The van der Waals surface area contributed by atoms with Gasteiger partial charge in [-0.2, -0.15) is 0 Å². The van der Waals surface area contributed by atoms with Gasteiger partial charge in [0.2, 0.25) is 0 Å². The molecule has 6 heteroatoms. The number of nitrogens with one attached hydrogen (secondary N) is 1. The Balaban J connectivity index is 2.02. The third kappa shape index (κ3) is 4.38. The van der Waals surface area contributed by atoms with Crippen molar-refractivity contribution >= 4 is 50.7 Å². The van der Waals surface area contributed by atoms with Crippen LogP contribution in [0, 0.1) is 13.8 Å². The number of hydrogen-bond acceptors (Lipinski definition) is 2. The highest BCUT2D eigenvalue weighted by Crippen LogP contribution is 2.32. The average Bonchev–Trinajstić information content (AvgIpc) is 2.40. The first-order valence-corrected chi connectivity index (χ1v) is 8.06. The molecule has 0 radical (unpaired) electrons. The second kappa shape index (κ2) is 7.36. The molecule has 1 N–H and O–H groups in total. The lowest BCUT2D eigenvalue weighted by Gasteiger charge is -2.12. The van der Waals surface area contributed by atoms with Gasteiger partial charge in [-0.3, -0.25) is 4.79 Å². The third-order valence-corrected chi connectivity index (χ3v) is 3.99. The number of ether oxygens (including phenoxy) is 1. The van der Waals surface area contributed by atoms with E-state index in [1.54, 1.807) is 18.2 Å². The van der Waals surface area contributed by atoms with Crippen molar-refractivity contribution in [3.05, 3.63) is 56.0 Å². The van der Waals surface area contributed by atoms with Crippen LogP contribution >= 0.6 is 39.1 Å². The first-order chi connectivity index (χ1) is 10.4. The van der Waals surface area contributed by atoms with Gasteiger partial charge in [0.05, 0.1) is 15.7 Å². The standard InChI is InChI=1S/C16H14BrCl2NO2/c1-9-3-4-14(12(18)5-9)20-15(21)8-22-16-10(2)6-11(17)7-13(16)19/h3-7H,8H2,1-2H3,(H,20,21). The molecule has 0 aromatic heterocycles. The van der Waals surface area contributed by atoms with Gasteiger partial charge in [0.1, 0.15) is 5.75 Å². The zero-order valence-electron chi connectivity index (χ0n) is 12.0. The Labute approximate surface area is 147 Å². The van der Waals surface area contributed by atoms with Crippen LogP contribution in [-0.4, -0.2) is 12.5 Å². The maximum atomic E-state index is 12.0. The Hall–Kier alpha value is -1.23. The highest BCUT2D eigenvalue weighted by atomic mass is 79.9. The number of benzene rings is 2. The Morgan fingerprint density at radius 3 is 2.55 bits per heavy atom. The number of hydrogen-bond donors (Lipinski definition) is 1. The summed E-state index contributed by atoms with van der Waals surface area (Å²) in [6.07, 6.45) is 0. The Morgan fingerprint density at radius 1 is 1.18 bits per heavy atom. The number of amides is 1. The SMILES string of the molecule is Cc1ccc(NC(=O)COc2c(C)cc(Br)cc2Cl)c(Cl)c1. The van der Waals surface area contributed by atoms with Crippen molar-refractivity contribution in [2.75, 3.05) is 11.9 Å². The molecular weight excluding hydrogens is 389 g/mol. The molecule has 0 aliphatic rings. The van der Waals surface area contributed by atoms with E-state index in [9.17, 15) is 4.79 Å². The van der Waals surface area contributed by atoms with Crippen LogP contribution in [0.2, 0.25) is 10.0 Å². The predicted molar refractivity (Wildman–Crippen MR) is 94.2 cm³/mol. The molecule has 0 heterocycles. The van der Waals surface area contributed by atoms with E-state index in [1.807, 2.05) is 26.0 Å². The lowest BCUT2D eigenvalue weighted by Crippen LogP contribution is -2.20. The fourth-order valence-electron chi connectivity index (χ4n) is 1.92. The normalized spacial score (nSPS) is 10.4. The number of carbonyl (C=O) groups excluding carboxylic acids is 1. The van der Waals surface area contributed by atoms with Gasteiger partial charge in [-0.25, -0.2) is 0 Å². The molecule has 1 amide bonds. The molecule has 0 aliphatic carbocycles. The Bertz CT molecular complexity index is 696. The molecule has 2 rings (SSSR count). The summed E-state index contributed by atoms with van der Waals surface area (Å²) in [6, 6.07) is 9.01. The number of rotatable bonds is 4. The monoisotopic (exact) mass is 401 g/mol. The van der Waals surface area contributed by atoms with Gasteiger partial charge in [0.15, 0.2) is 6.61 Å². The van der Waals surface area contributed by atoms with Crippen molar-refractivity contribution in [1.82, 2.24) is 0 Å². The summed E-state index contributed by atoms with van der Waals surface area (Å²) in [5, 5.41) is 3.65.